The highest BCUT2D eigenvalue weighted by Gasteiger charge is 1.93. The van der Waals surface area contributed by atoms with Crippen molar-refractivity contribution in [1.29, 1.82) is 0 Å². The van der Waals surface area contributed by atoms with Crippen molar-refractivity contribution in [2.45, 2.75) is 40.5 Å². The lowest BCUT2D eigenvalue weighted by Crippen LogP contribution is -2.13. The lowest BCUT2D eigenvalue weighted by molar-refractivity contribution is 0.545. The maximum atomic E-state index is 3.71. The van der Waals surface area contributed by atoms with Crippen LogP contribution in [0.25, 0.3) is 0 Å². The highest BCUT2D eigenvalue weighted by molar-refractivity contribution is 5.18. The van der Waals surface area contributed by atoms with E-state index in [1.807, 2.05) is 26.0 Å². The standard InChI is InChI=1S/C12H21N.C2H6/c1-5-8-12(6-2)13-10-7-9-11(3)4;1-2/h5-6,8,11,13H,1-2,7,9-10H2,3-4H3;1-2H3/b12-8+;. The minimum Gasteiger partial charge on any atom is -0.385 e. The van der Waals surface area contributed by atoms with Crippen LogP contribution in [0.2, 0.25) is 0 Å². The molecule has 0 unspecified atom stereocenters. The van der Waals surface area contributed by atoms with E-state index in [-0.39, 0.29) is 0 Å². The van der Waals surface area contributed by atoms with Gasteiger partial charge in [-0.2, -0.15) is 0 Å². The Morgan fingerprint density at radius 2 is 1.87 bits per heavy atom. The van der Waals surface area contributed by atoms with E-state index in [4.69, 9.17) is 0 Å². The fourth-order valence-electron chi connectivity index (χ4n) is 1.07. The lowest BCUT2D eigenvalue weighted by atomic mass is 10.1. The van der Waals surface area contributed by atoms with Gasteiger partial charge >= 0.3 is 0 Å². The predicted molar refractivity (Wildman–Crippen MR) is 71.9 cm³/mol. The van der Waals surface area contributed by atoms with Crippen LogP contribution < -0.4 is 5.32 Å². The quantitative estimate of drug-likeness (QED) is 0.487. The summed E-state index contributed by atoms with van der Waals surface area (Å²) in [5, 5.41) is 3.30. The van der Waals surface area contributed by atoms with Crippen molar-refractivity contribution in [1.82, 2.24) is 5.32 Å². The van der Waals surface area contributed by atoms with Crippen LogP contribution >= 0.6 is 0 Å². The Hall–Kier alpha value is -0.980. The third-order valence-electron chi connectivity index (χ3n) is 1.80. The summed E-state index contributed by atoms with van der Waals surface area (Å²) in [4.78, 5) is 0. The molecule has 1 nitrogen and oxygen atoms in total. The van der Waals surface area contributed by atoms with Crippen molar-refractivity contribution in [3.05, 3.63) is 37.1 Å². The zero-order valence-electron chi connectivity index (χ0n) is 10.8. The molecule has 0 amide bonds. The number of nitrogens with one attached hydrogen (secondary N) is 1. The van der Waals surface area contributed by atoms with Gasteiger partial charge in [-0.1, -0.05) is 46.9 Å². The number of hydrogen-bond donors (Lipinski definition) is 1. The molecule has 1 N–H and O–H groups in total. The SMILES string of the molecule is C=C/C=C(\C=C)NCCCC(C)C.CC. The molecular formula is C14H27N. The van der Waals surface area contributed by atoms with Gasteiger partial charge in [0, 0.05) is 12.2 Å². The summed E-state index contributed by atoms with van der Waals surface area (Å²) in [6.45, 7) is 16.9. The van der Waals surface area contributed by atoms with E-state index in [9.17, 15) is 0 Å². The van der Waals surface area contributed by atoms with E-state index < -0.39 is 0 Å². The molecule has 0 rings (SSSR count). The molecule has 0 fully saturated rings. The molecule has 0 aliphatic carbocycles. The minimum absolute atomic E-state index is 0.789. The molecule has 0 aliphatic heterocycles. The first-order valence-corrected chi connectivity index (χ1v) is 5.89. The van der Waals surface area contributed by atoms with Crippen LogP contribution in [-0.2, 0) is 0 Å². The zero-order valence-corrected chi connectivity index (χ0v) is 10.8. The zero-order chi connectivity index (χ0) is 12.1. The Morgan fingerprint density at radius 3 is 2.27 bits per heavy atom. The molecular weight excluding hydrogens is 182 g/mol. The molecule has 0 atom stereocenters. The summed E-state index contributed by atoms with van der Waals surface area (Å²) in [5.74, 6) is 0.789. The first kappa shape index (κ1) is 16.4. The third-order valence-corrected chi connectivity index (χ3v) is 1.80. The van der Waals surface area contributed by atoms with Crippen LogP contribution in [0, 0.1) is 5.92 Å². The molecule has 1 heteroatoms. The van der Waals surface area contributed by atoms with Gasteiger partial charge in [0.2, 0.25) is 0 Å². The lowest BCUT2D eigenvalue weighted by Gasteiger charge is -2.07. The van der Waals surface area contributed by atoms with Gasteiger partial charge in [-0.3, -0.25) is 0 Å². The van der Waals surface area contributed by atoms with E-state index in [0.717, 1.165) is 18.2 Å². The first-order valence-electron chi connectivity index (χ1n) is 5.89. The highest BCUT2D eigenvalue weighted by atomic mass is 14.9. The van der Waals surface area contributed by atoms with Crippen molar-refractivity contribution in [2.75, 3.05) is 6.54 Å². The average molecular weight is 209 g/mol. The molecule has 0 saturated heterocycles. The fraction of sp³-hybridized carbons (Fsp3) is 0.571. The predicted octanol–water partition coefficient (Wildman–Crippen LogP) is 4.29. The molecule has 0 aliphatic rings. The third kappa shape index (κ3) is 13.0. The van der Waals surface area contributed by atoms with Crippen LogP contribution in [0.1, 0.15) is 40.5 Å². The number of hydrogen-bond acceptors (Lipinski definition) is 1. The van der Waals surface area contributed by atoms with E-state index in [1.54, 1.807) is 6.08 Å². The molecule has 88 valence electrons. The first-order chi connectivity index (χ1) is 7.20. The summed E-state index contributed by atoms with van der Waals surface area (Å²) in [6, 6.07) is 0. The summed E-state index contributed by atoms with van der Waals surface area (Å²) in [7, 11) is 0. The average Bonchev–Trinajstić information content (AvgIpc) is 2.25. The summed E-state index contributed by atoms with van der Waals surface area (Å²) in [5.41, 5.74) is 1.05. The minimum atomic E-state index is 0.789. The normalized spacial score (nSPS) is 10.3. The van der Waals surface area contributed by atoms with Crippen LogP contribution in [0.4, 0.5) is 0 Å². The molecule has 0 aromatic heterocycles. The Balaban J connectivity index is 0. The van der Waals surface area contributed by atoms with Crippen LogP contribution in [0.5, 0.6) is 0 Å². The molecule has 0 spiro atoms. The van der Waals surface area contributed by atoms with Crippen molar-refractivity contribution in [2.24, 2.45) is 5.92 Å². The summed E-state index contributed by atoms with van der Waals surface area (Å²) >= 11 is 0. The Kier molecular flexibility index (Phi) is 14.3. The van der Waals surface area contributed by atoms with Gasteiger partial charge in [-0.15, -0.1) is 0 Å². The monoisotopic (exact) mass is 209 g/mol. The van der Waals surface area contributed by atoms with Gasteiger partial charge in [0.25, 0.3) is 0 Å². The maximum Gasteiger partial charge on any atom is 0.0333 e. The van der Waals surface area contributed by atoms with E-state index in [1.165, 1.54) is 12.8 Å². The molecule has 0 heterocycles. The fourth-order valence-corrected chi connectivity index (χ4v) is 1.07. The van der Waals surface area contributed by atoms with Gasteiger partial charge in [0.15, 0.2) is 0 Å². The van der Waals surface area contributed by atoms with Gasteiger partial charge in [0.05, 0.1) is 0 Å². The number of rotatable bonds is 7. The van der Waals surface area contributed by atoms with E-state index in [0.29, 0.717) is 0 Å². The maximum absolute atomic E-state index is 3.71. The Bertz CT molecular complexity index is 178. The van der Waals surface area contributed by atoms with E-state index >= 15 is 0 Å². The Labute approximate surface area is 96.0 Å². The van der Waals surface area contributed by atoms with Crippen molar-refractivity contribution in [3.8, 4) is 0 Å². The summed E-state index contributed by atoms with van der Waals surface area (Å²) in [6.07, 6.45) is 8.00. The summed E-state index contributed by atoms with van der Waals surface area (Å²) < 4.78 is 0. The van der Waals surface area contributed by atoms with Gasteiger partial charge < -0.3 is 5.32 Å². The topological polar surface area (TPSA) is 12.0 Å². The van der Waals surface area contributed by atoms with Gasteiger partial charge in [-0.25, -0.2) is 0 Å². The molecule has 0 radical (unpaired) electrons. The Morgan fingerprint density at radius 1 is 1.27 bits per heavy atom. The van der Waals surface area contributed by atoms with Crippen molar-refractivity contribution >= 4 is 0 Å². The number of allylic oxidation sites excluding steroid dienone is 3. The van der Waals surface area contributed by atoms with Crippen LogP contribution in [0.15, 0.2) is 37.1 Å². The van der Waals surface area contributed by atoms with Gasteiger partial charge in [-0.05, 0) is 30.9 Å². The van der Waals surface area contributed by atoms with Crippen molar-refractivity contribution in [3.63, 3.8) is 0 Å². The van der Waals surface area contributed by atoms with Crippen LogP contribution in [-0.4, -0.2) is 6.54 Å². The van der Waals surface area contributed by atoms with E-state index in [2.05, 4.69) is 32.3 Å². The largest absolute Gasteiger partial charge is 0.385 e. The van der Waals surface area contributed by atoms with Crippen LogP contribution in [0.3, 0.4) is 0 Å². The van der Waals surface area contributed by atoms with Gasteiger partial charge in [0.1, 0.15) is 0 Å². The second kappa shape index (κ2) is 13.0. The second-order valence-electron chi connectivity index (χ2n) is 3.52. The molecule has 0 aromatic rings. The molecule has 0 saturated carbocycles. The highest BCUT2D eigenvalue weighted by Crippen LogP contribution is 2.02. The smallest absolute Gasteiger partial charge is 0.0333 e. The van der Waals surface area contributed by atoms with Crippen molar-refractivity contribution < 1.29 is 0 Å². The molecule has 15 heavy (non-hydrogen) atoms. The molecule has 0 aromatic carbocycles. The molecule has 0 bridgehead atoms. The second-order valence-corrected chi connectivity index (χ2v) is 3.52.